The third kappa shape index (κ3) is 3.12. The number of ether oxygens (including phenoxy) is 1. The lowest BCUT2D eigenvalue weighted by atomic mass is 10.0. The Kier molecular flexibility index (Phi) is 4.88. The van der Waals surface area contributed by atoms with E-state index in [0.29, 0.717) is 12.6 Å². The molecule has 1 saturated heterocycles. The molecular weight excluding hydrogens is 262 g/mol. The molecule has 0 aromatic carbocycles. The number of nitrogens with zero attached hydrogens (tertiary/aromatic N) is 2. The van der Waals surface area contributed by atoms with E-state index in [2.05, 4.69) is 29.3 Å². The second kappa shape index (κ2) is 6.44. The third-order valence-electron chi connectivity index (χ3n) is 3.85. The Morgan fingerprint density at radius 2 is 2.26 bits per heavy atom. The van der Waals surface area contributed by atoms with Gasteiger partial charge < -0.3 is 15.0 Å². The van der Waals surface area contributed by atoms with Crippen LogP contribution in [0.25, 0.3) is 0 Å². The van der Waals surface area contributed by atoms with Gasteiger partial charge >= 0.3 is 0 Å². The summed E-state index contributed by atoms with van der Waals surface area (Å²) in [6.07, 6.45) is 3.87. The summed E-state index contributed by atoms with van der Waals surface area (Å²) in [6, 6.07) is 4.88. The summed E-state index contributed by atoms with van der Waals surface area (Å²) < 4.78 is 5.71. The van der Waals surface area contributed by atoms with E-state index < -0.39 is 0 Å². The summed E-state index contributed by atoms with van der Waals surface area (Å²) >= 11 is 0. The van der Waals surface area contributed by atoms with Crippen molar-refractivity contribution in [2.75, 3.05) is 24.6 Å². The van der Waals surface area contributed by atoms with E-state index in [1.54, 1.807) is 0 Å². The van der Waals surface area contributed by atoms with Gasteiger partial charge in [-0.2, -0.15) is 4.98 Å². The first-order valence-corrected chi connectivity index (χ1v) is 6.94. The zero-order valence-corrected chi connectivity index (χ0v) is 12.2. The molecule has 3 heterocycles. The van der Waals surface area contributed by atoms with E-state index >= 15 is 0 Å². The molecule has 1 atom stereocenters. The van der Waals surface area contributed by atoms with Crippen molar-refractivity contribution in [3.05, 3.63) is 17.7 Å². The normalized spacial score (nSPS) is 22.8. The molecule has 0 amide bonds. The van der Waals surface area contributed by atoms with Crippen LogP contribution in [0, 0.1) is 0 Å². The zero-order chi connectivity index (χ0) is 12.4. The van der Waals surface area contributed by atoms with Gasteiger partial charge in [-0.05, 0) is 38.3 Å². The lowest BCUT2D eigenvalue weighted by Gasteiger charge is -2.34. The highest BCUT2D eigenvalue weighted by Gasteiger charge is 2.21. The highest BCUT2D eigenvalue weighted by Crippen LogP contribution is 2.27. The molecule has 0 aliphatic carbocycles. The highest BCUT2D eigenvalue weighted by molar-refractivity contribution is 5.85. The number of halogens is 1. The molecule has 1 aromatic rings. The van der Waals surface area contributed by atoms with Gasteiger partial charge in [0.25, 0.3) is 0 Å². The molecule has 2 aliphatic heterocycles. The predicted octanol–water partition coefficient (Wildman–Crippen LogP) is 2.36. The van der Waals surface area contributed by atoms with Crippen LogP contribution in [0.4, 0.5) is 5.82 Å². The zero-order valence-electron chi connectivity index (χ0n) is 11.4. The van der Waals surface area contributed by atoms with Crippen molar-refractivity contribution in [1.29, 1.82) is 0 Å². The number of anilines is 1. The van der Waals surface area contributed by atoms with Gasteiger partial charge in [0, 0.05) is 31.2 Å². The lowest BCUT2D eigenvalue weighted by molar-refractivity contribution is 0.313. The van der Waals surface area contributed by atoms with E-state index in [9.17, 15) is 0 Å². The van der Waals surface area contributed by atoms with Crippen LogP contribution < -0.4 is 15.0 Å². The van der Waals surface area contributed by atoms with Crippen molar-refractivity contribution in [3.63, 3.8) is 0 Å². The van der Waals surface area contributed by atoms with E-state index in [-0.39, 0.29) is 12.4 Å². The molecule has 0 bridgehead atoms. The molecule has 1 unspecified atom stereocenters. The summed E-state index contributed by atoms with van der Waals surface area (Å²) in [7, 11) is 0. The fraction of sp³-hybridized carbons (Fsp3) is 0.643. The molecular formula is C14H22ClN3O. The molecule has 4 nitrogen and oxygen atoms in total. The molecule has 106 valence electrons. The highest BCUT2D eigenvalue weighted by atomic mass is 35.5. The SMILES string of the molecule is CC1CCCCN1c1ccc2c(n1)OCCNC2.Cl. The predicted molar refractivity (Wildman–Crippen MR) is 79.3 cm³/mol. The fourth-order valence-corrected chi connectivity index (χ4v) is 2.76. The van der Waals surface area contributed by atoms with Crippen molar-refractivity contribution in [2.45, 2.75) is 38.8 Å². The van der Waals surface area contributed by atoms with Gasteiger partial charge in [-0.25, -0.2) is 0 Å². The molecule has 0 radical (unpaired) electrons. The Morgan fingerprint density at radius 1 is 1.37 bits per heavy atom. The van der Waals surface area contributed by atoms with E-state index in [1.165, 1.54) is 24.8 Å². The van der Waals surface area contributed by atoms with E-state index in [4.69, 9.17) is 9.72 Å². The average molecular weight is 284 g/mol. The van der Waals surface area contributed by atoms with E-state index in [1.807, 2.05) is 0 Å². The number of hydrogen-bond donors (Lipinski definition) is 1. The van der Waals surface area contributed by atoms with E-state index in [0.717, 1.165) is 31.3 Å². The number of aromatic nitrogens is 1. The van der Waals surface area contributed by atoms with Crippen LogP contribution in [0.2, 0.25) is 0 Å². The maximum absolute atomic E-state index is 5.71. The standard InChI is InChI=1S/C14H21N3O.ClH/c1-11-4-2-3-8-17(11)13-6-5-12-10-15-7-9-18-14(12)16-13;/h5-6,11,15H,2-4,7-10H2,1H3;1H. The monoisotopic (exact) mass is 283 g/mol. The topological polar surface area (TPSA) is 37.4 Å². The number of hydrogen-bond acceptors (Lipinski definition) is 4. The van der Waals surface area contributed by atoms with Gasteiger partial charge in [-0.3, -0.25) is 0 Å². The van der Waals surface area contributed by atoms with Gasteiger partial charge in [-0.15, -0.1) is 12.4 Å². The van der Waals surface area contributed by atoms with Gasteiger partial charge in [-0.1, -0.05) is 0 Å². The summed E-state index contributed by atoms with van der Waals surface area (Å²) in [4.78, 5) is 7.12. The fourth-order valence-electron chi connectivity index (χ4n) is 2.76. The third-order valence-corrected chi connectivity index (χ3v) is 3.85. The van der Waals surface area contributed by atoms with Crippen LogP contribution in [-0.2, 0) is 6.54 Å². The van der Waals surface area contributed by atoms with Crippen LogP contribution in [0.1, 0.15) is 31.7 Å². The number of nitrogens with one attached hydrogen (secondary N) is 1. The molecule has 0 spiro atoms. The van der Waals surface area contributed by atoms with Crippen LogP contribution in [0.15, 0.2) is 12.1 Å². The summed E-state index contributed by atoms with van der Waals surface area (Å²) in [5.41, 5.74) is 1.17. The Morgan fingerprint density at radius 3 is 3.11 bits per heavy atom. The minimum atomic E-state index is 0. The second-order valence-corrected chi connectivity index (χ2v) is 5.20. The maximum atomic E-state index is 5.71. The molecule has 2 aliphatic rings. The summed E-state index contributed by atoms with van der Waals surface area (Å²) in [5.74, 6) is 1.89. The number of piperidine rings is 1. The van der Waals surface area contributed by atoms with Crippen molar-refractivity contribution < 1.29 is 4.74 Å². The molecule has 19 heavy (non-hydrogen) atoms. The average Bonchev–Trinajstić information content (AvgIpc) is 2.63. The molecule has 1 aromatic heterocycles. The maximum Gasteiger partial charge on any atom is 0.219 e. The minimum Gasteiger partial charge on any atom is -0.476 e. The van der Waals surface area contributed by atoms with Gasteiger partial charge in [0.1, 0.15) is 12.4 Å². The first-order chi connectivity index (χ1) is 8.84. The smallest absolute Gasteiger partial charge is 0.219 e. The summed E-state index contributed by atoms with van der Waals surface area (Å²) in [5, 5.41) is 3.33. The van der Waals surface area contributed by atoms with Crippen LogP contribution in [0.3, 0.4) is 0 Å². The quantitative estimate of drug-likeness (QED) is 0.859. The molecule has 5 heteroatoms. The largest absolute Gasteiger partial charge is 0.476 e. The van der Waals surface area contributed by atoms with Gasteiger partial charge in [0.05, 0.1) is 0 Å². The number of fused-ring (bicyclic) bond motifs is 1. The molecule has 3 rings (SSSR count). The Bertz CT molecular complexity index is 427. The van der Waals surface area contributed by atoms with Gasteiger partial charge in [0.15, 0.2) is 0 Å². The van der Waals surface area contributed by atoms with Crippen molar-refractivity contribution in [1.82, 2.24) is 10.3 Å². The Hall–Kier alpha value is -1.00. The van der Waals surface area contributed by atoms with Crippen LogP contribution in [-0.4, -0.2) is 30.7 Å². The van der Waals surface area contributed by atoms with Crippen molar-refractivity contribution in [3.8, 4) is 5.88 Å². The van der Waals surface area contributed by atoms with Gasteiger partial charge in [0.2, 0.25) is 5.88 Å². The first kappa shape index (κ1) is 14.4. The number of rotatable bonds is 1. The molecule has 1 fully saturated rings. The molecule has 1 N–H and O–H groups in total. The van der Waals surface area contributed by atoms with Crippen LogP contribution >= 0.6 is 12.4 Å². The first-order valence-electron chi connectivity index (χ1n) is 6.94. The lowest BCUT2D eigenvalue weighted by Crippen LogP contribution is -2.38. The van der Waals surface area contributed by atoms with Crippen molar-refractivity contribution >= 4 is 18.2 Å². The van der Waals surface area contributed by atoms with Crippen LogP contribution in [0.5, 0.6) is 5.88 Å². The number of pyridine rings is 1. The molecule has 0 saturated carbocycles. The minimum absolute atomic E-state index is 0. The Balaban J connectivity index is 0.00000133. The van der Waals surface area contributed by atoms with Crippen molar-refractivity contribution in [2.24, 2.45) is 0 Å². The second-order valence-electron chi connectivity index (χ2n) is 5.20. The Labute approximate surface area is 121 Å². The summed E-state index contributed by atoms with van der Waals surface area (Å²) in [6.45, 7) is 5.86.